The highest BCUT2D eigenvalue weighted by Crippen LogP contribution is 2.32. The minimum absolute atomic E-state index is 0.245. The summed E-state index contributed by atoms with van der Waals surface area (Å²) < 4.78 is 1.94. The first-order chi connectivity index (χ1) is 13.6. The standard InChI is InChI=1S/C21H30N6O/c1-15-13-16(2)27(25-15)12-7-20(28)26-10-5-18(6-11-26)21-19(14-23-24-21)17-3-8-22-9-4-17/h3-4,8-9,13,18-19,21,23-24H,5-7,10-12,14H2,1-2H3. The zero-order valence-corrected chi connectivity index (χ0v) is 16.8. The molecule has 4 heterocycles. The van der Waals surface area contributed by atoms with E-state index in [-0.39, 0.29) is 5.91 Å². The summed E-state index contributed by atoms with van der Waals surface area (Å²) in [5.41, 5.74) is 10.3. The van der Waals surface area contributed by atoms with Gasteiger partial charge in [-0.3, -0.25) is 25.3 Å². The van der Waals surface area contributed by atoms with Crippen molar-refractivity contribution < 1.29 is 4.79 Å². The number of carbonyl (C=O) groups excluding carboxylic acids is 1. The van der Waals surface area contributed by atoms with Crippen LogP contribution in [0.15, 0.2) is 30.6 Å². The van der Waals surface area contributed by atoms with Crippen LogP contribution >= 0.6 is 0 Å². The lowest BCUT2D eigenvalue weighted by atomic mass is 9.80. The molecule has 4 rings (SSSR count). The molecule has 2 aromatic rings. The van der Waals surface area contributed by atoms with Crippen molar-refractivity contribution in [3.05, 3.63) is 47.5 Å². The van der Waals surface area contributed by atoms with Crippen LogP contribution in [0.5, 0.6) is 0 Å². The summed E-state index contributed by atoms with van der Waals surface area (Å²) in [6.07, 6.45) is 6.36. The molecule has 2 saturated heterocycles. The number of carbonyl (C=O) groups is 1. The maximum Gasteiger partial charge on any atom is 0.224 e. The number of hydrogen-bond donors (Lipinski definition) is 2. The molecule has 7 heteroatoms. The topological polar surface area (TPSA) is 75.1 Å². The van der Waals surface area contributed by atoms with Gasteiger partial charge in [0.1, 0.15) is 0 Å². The first-order valence-electron chi connectivity index (χ1n) is 10.3. The van der Waals surface area contributed by atoms with Crippen molar-refractivity contribution in [1.29, 1.82) is 0 Å². The van der Waals surface area contributed by atoms with Gasteiger partial charge in [-0.1, -0.05) is 0 Å². The minimum atomic E-state index is 0.245. The minimum Gasteiger partial charge on any atom is -0.343 e. The zero-order chi connectivity index (χ0) is 19.5. The van der Waals surface area contributed by atoms with Crippen LogP contribution in [0.25, 0.3) is 0 Å². The van der Waals surface area contributed by atoms with Crippen LogP contribution in [0.3, 0.4) is 0 Å². The van der Waals surface area contributed by atoms with Crippen molar-refractivity contribution in [2.24, 2.45) is 5.92 Å². The van der Waals surface area contributed by atoms with Crippen LogP contribution < -0.4 is 10.9 Å². The summed E-state index contributed by atoms with van der Waals surface area (Å²) in [6, 6.07) is 6.69. The molecular formula is C21H30N6O. The molecule has 1 amide bonds. The Bertz CT molecular complexity index is 796. The Morgan fingerprint density at radius 1 is 1.21 bits per heavy atom. The predicted octanol–water partition coefficient (Wildman–Crippen LogP) is 1.78. The number of aryl methyl sites for hydroxylation is 3. The molecule has 2 aromatic heterocycles. The molecule has 2 atom stereocenters. The van der Waals surface area contributed by atoms with Crippen LogP contribution in [-0.4, -0.2) is 51.2 Å². The zero-order valence-electron chi connectivity index (χ0n) is 16.8. The van der Waals surface area contributed by atoms with E-state index in [0.29, 0.717) is 30.8 Å². The number of nitrogens with one attached hydrogen (secondary N) is 2. The van der Waals surface area contributed by atoms with Crippen molar-refractivity contribution >= 4 is 5.91 Å². The summed E-state index contributed by atoms with van der Waals surface area (Å²) in [5.74, 6) is 1.28. The van der Waals surface area contributed by atoms with Crippen molar-refractivity contribution in [2.45, 2.75) is 51.6 Å². The molecular weight excluding hydrogens is 352 g/mol. The van der Waals surface area contributed by atoms with Gasteiger partial charge in [0.15, 0.2) is 0 Å². The van der Waals surface area contributed by atoms with E-state index in [2.05, 4.69) is 39.1 Å². The molecule has 0 radical (unpaired) electrons. The van der Waals surface area contributed by atoms with Crippen molar-refractivity contribution in [3.63, 3.8) is 0 Å². The van der Waals surface area contributed by atoms with Gasteiger partial charge in [-0.2, -0.15) is 5.10 Å². The Labute approximate surface area is 166 Å². The molecule has 2 fully saturated rings. The van der Waals surface area contributed by atoms with Gasteiger partial charge in [0.05, 0.1) is 5.69 Å². The molecule has 2 N–H and O–H groups in total. The number of nitrogens with zero attached hydrogens (tertiary/aromatic N) is 4. The van der Waals surface area contributed by atoms with E-state index in [1.165, 1.54) is 5.56 Å². The predicted molar refractivity (Wildman–Crippen MR) is 108 cm³/mol. The van der Waals surface area contributed by atoms with Gasteiger partial charge < -0.3 is 4.90 Å². The maximum absolute atomic E-state index is 12.7. The highest BCUT2D eigenvalue weighted by Gasteiger charge is 2.36. The summed E-state index contributed by atoms with van der Waals surface area (Å²) in [4.78, 5) is 18.8. The van der Waals surface area contributed by atoms with E-state index in [1.54, 1.807) is 0 Å². The van der Waals surface area contributed by atoms with Crippen molar-refractivity contribution in [2.75, 3.05) is 19.6 Å². The second-order valence-corrected chi connectivity index (χ2v) is 8.06. The molecule has 0 bridgehead atoms. The normalized spacial score (nSPS) is 23.3. The average molecular weight is 383 g/mol. The Balaban J connectivity index is 1.29. The number of piperidine rings is 1. The third kappa shape index (κ3) is 4.10. The van der Waals surface area contributed by atoms with Crippen LogP contribution in [0.2, 0.25) is 0 Å². The number of hydrazine groups is 1. The van der Waals surface area contributed by atoms with Crippen LogP contribution in [0, 0.1) is 19.8 Å². The van der Waals surface area contributed by atoms with Gasteiger partial charge in [0, 0.05) is 62.6 Å². The van der Waals surface area contributed by atoms with E-state index in [0.717, 1.165) is 43.9 Å². The van der Waals surface area contributed by atoms with Crippen molar-refractivity contribution in [3.8, 4) is 0 Å². The smallest absolute Gasteiger partial charge is 0.224 e. The van der Waals surface area contributed by atoms with Gasteiger partial charge >= 0.3 is 0 Å². The highest BCUT2D eigenvalue weighted by atomic mass is 16.2. The van der Waals surface area contributed by atoms with E-state index in [9.17, 15) is 4.79 Å². The molecule has 150 valence electrons. The van der Waals surface area contributed by atoms with Crippen LogP contribution in [-0.2, 0) is 11.3 Å². The first-order valence-corrected chi connectivity index (χ1v) is 10.3. The quantitative estimate of drug-likeness (QED) is 0.825. The van der Waals surface area contributed by atoms with Crippen LogP contribution in [0.1, 0.15) is 42.1 Å². The van der Waals surface area contributed by atoms with Gasteiger partial charge in [-0.05, 0) is 56.4 Å². The highest BCUT2D eigenvalue weighted by molar-refractivity contribution is 5.76. The lowest BCUT2D eigenvalue weighted by Gasteiger charge is -2.36. The molecule has 2 aliphatic rings. The van der Waals surface area contributed by atoms with Crippen LogP contribution in [0.4, 0.5) is 0 Å². The average Bonchev–Trinajstić information content (AvgIpc) is 3.33. The monoisotopic (exact) mass is 382 g/mol. The van der Waals surface area contributed by atoms with E-state index < -0.39 is 0 Å². The Morgan fingerprint density at radius 2 is 1.96 bits per heavy atom. The number of aromatic nitrogens is 3. The molecule has 2 unspecified atom stereocenters. The van der Waals surface area contributed by atoms with E-state index in [1.807, 2.05) is 35.8 Å². The SMILES string of the molecule is Cc1cc(C)n(CCC(=O)N2CCC(C3NNCC3c3ccncc3)CC2)n1. The molecule has 0 spiro atoms. The summed E-state index contributed by atoms with van der Waals surface area (Å²) in [6.45, 7) is 7.33. The fourth-order valence-corrected chi connectivity index (χ4v) is 4.67. The number of pyridine rings is 1. The molecule has 0 saturated carbocycles. The maximum atomic E-state index is 12.7. The largest absolute Gasteiger partial charge is 0.343 e. The number of hydrogen-bond acceptors (Lipinski definition) is 5. The summed E-state index contributed by atoms with van der Waals surface area (Å²) >= 11 is 0. The molecule has 2 aliphatic heterocycles. The fourth-order valence-electron chi connectivity index (χ4n) is 4.67. The van der Waals surface area contributed by atoms with Gasteiger partial charge in [-0.25, -0.2) is 0 Å². The van der Waals surface area contributed by atoms with Gasteiger partial charge in [-0.15, -0.1) is 0 Å². The Kier molecular flexibility index (Phi) is 5.73. The van der Waals surface area contributed by atoms with Gasteiger partial charge in [0.25, 0.3) is 0 Å². The summed E-state index contributed by atoms with van der Waals surface area (Å²) in [7, 11) is 0. The molecule has 0 aromatic carbocycles. The lowest BCUT2D eigenvalue weighted by molar-refractivity contribution is -0.133. The number of amides is 1. The third-order valence-corrected chi connectivity index (χ3v) is 6.20. The lowest BCUT2D eigenvalue weighted by Crippen LogP contribution is -2.46. The Hall–Kier alpha value is -2.25. The second-order valence-electron chi connectivity index (χ2n) is 8.06. The first kappa shape index (κ1) is 19.1. The summed E-state index contributed by atoms with van der Waals surface area (Å²) in [5, 5.41) is 4.46. The third-order valence-electron chi connectivity index (χ3n) is 6.20. The molecule has 7 nitrogen and oxygen atoms in total. The van der Waals surface area contributed by atoms with Gasteiger partial charge in [0.2, 0.25) is 5.91 Å². The molecule has 0 aliphatic carbocycles. The molecule has 28 heavy (non-hydrogen) atoms. The fraction of sp³-hybridized carbons (Fsp3) is 0.571. The van der Waals surface area contributed by atoms with Crippen molar-refractivity contribution in [1.82, 2.24) is 30.5 Å². The number of likely N-dealkylation sites (tertiary alicyclic amines) is 1. The Morgan fingerprint density at radius 3 is 2.64 bits per heavy atom. The van der Waals surface area contributed by atoms with E-state index >= 15 is 0 Å². The van der Waals surface area contributed by atoms with E-state index in [4.69, 9.17) is 0 Å². The number of rotatable bonds is 5. The second kappa shape index (κ2) is 8.41.